The van der Waals surface area contributed by atoms with Crippen molar-refractivity contribution in [3.8, 4) is 0 Å². The van der Waals surface area contributed by atoms with E-state index in [2.05, 4.69) is 142 Å². The zero-order valence-corrected chi connectivity index (χ0v) is 47.0. The van der Waals surface area contributed by atoms with Gasteiger partial charge in [-0.3, -0.25) is 14.4 Å². The van der Waals surface area contributed by atoms with Crippen LogP contribution in [0.1, 0.15) is 164 Å². The Kier molecular flexibility index (Phi) is 19.0. The molecule has 3 unspecified atom stereocenters. The maximum Gasteiger partial charge on any atom is 0.182 e. The summed E-state index contributed by atoms with van der Waals surface area (Å²) >= 11 is 0. The lowest BCUT2D eigenvalue weighted by atomic mass is 9.86. The van der Waals surface area contributed by atoms with Crippen molar-refractivity contribution in [2.24, 2.45) is 27.1 Å². The summed E-state index contributed by atoms with van der Waals surface area (Å²) in [7, 11) is 0. The number of anilines is 3. The van der Waals surface area contributed by atoms with Crippen LogP contribution in [0, 0.1) is 16.2 Å². The zero-order chi connectivity index (χ0) is 55.5. The van der Waals surface area contributed by atoms with Gasteiger partial charge in [0, 0.05) is 69.9 Å². The first kappa shape index (κ1) is 57.7. The fraction of sp³-hybridized carbons (Fsp3) is 0.409. The van der Waals surface area contributed by atoms with Crippen LogP contribution in [-0.4, -0.2) is 61.7 Å². The summed E-state index contributed by atoms with van der Waals surface area (Å²) in [6.45, 7) is 23.3. The lowest BCUT2D eigenvalue weighted by Gasteiger charge is -2.34. The Hall–Kier alpha value is -7.04. The number of fused-ring (bicyclic) bond motifs is 3. The normalized spacial score (nSPS) is 17.0. The van der Waals surface area contributed by atoms with Crippen LogP contribution in [-0.2, 0) is 19.3 Å². The monoisotopic (exact) mass is 1040 g/mol. The van der Waals surface area contributed by atoms with Crippen molar-refractivity contribution in [1.29, 1.82) is 0 Å². The van der Waals surface area contributed by atoms with Crippen LogP contribution in [0.4, 0.5) is 17.1 Å². The molecule has 6 aromatic rings. The van der Waals surface area contributed by atoms with Gasteiger partial charge < -0.3 is 25.5 Å². The maximum atomic E-state index is 12.7. The van der Waals surface area contributed by atoms with Gasteiger partial charge in [-0.1, -0.05) is 195 Å². The molecular formula is C66H81N7O4. The van der Waals surface area contributed by atoms with Crippen molar-refractivity contribution in [1.82, 2.24) is 0 Å². The van der Waals surface area contributed by atoms with Gasteiger partial charge >= 0.3 is 0 Å². The molecule has 0 spiro atoms. The summed E-state index contributed by atoms with van der Waals surface area (Å²) in [5, 5.41) is 14.4. The fourth-order valence-electron chi connectivity index (χ4n) is 10.7. The highest BCUT2D eigenvalue weighted by molar-refractivity contribution is 6.00. The lowest BCUT2D eigenvalue weighted by molar-refractivity contribution is 0.0988. The van der Waals surface area contributed by atoms with Crippen LogP contribution < -0.4 is 20.4 Å². The molecule has 3 aliphatic rings. The second-order valence-corrected chi connectivity index (χ2v) is 24.7. The molecule has 3 heterocycles. The largest absolute Gasteiger partial charge is 0.388 e. The van der Waals surface area contributed by atoms with Gasteiger partial charge in [-0.2, -0.15) is 0 Å². The summed E-state index contributed by atoms with van der Waals surface area (Å²) in [4.78, 5) is 47.2. The molecule has 3 aliphatic heterocycles. The van der Waals surface area contributed by atoms with Crippen LogP contribution in [0.25, 0.3) is 10.4 Å². The van der Waals surface area contributed by atoms with Crippen LogP contribution in [0.5, 0.6) is 0 Å². The molecule has 404 valence electrons. The Morgan fingerprint density at radius 2 is 0.844 bits per heavy atom. The van der Waals surface area contributed by atoms with Crippen molar-refractivity contribution >= 4 is 34.4 Å². The molecular weight excluding hydrogens is 955 g/mol. The summed E-state index contributed by atoms with van der Waals surface area (Å²) < 4.78 is 0. The summed E-state index contributed by atoms with van der Waals surface area (Å²) in [5.41, 5.74) is 28.2. The lowest BCUT2D eigenvalue weighted by Crippen LogP contribution is -2.37. The number of rotatable bonds is 13. The number of Topliss-reactive ketones (excluding diaryl/α,β-unsaturated/α-hetero) is 3. The van der Waals surface area contributed by atoms with Gasteiger partial charge in [0.2, 0.25) is 0 Å². The van der Waals surface area contributed by atoms with Crippen LogP contribution in [0.3, 0.4) is 0 Å². The Labute approximate surface area is 458 Å². The minimum atomic E-state index is -0.446. The number of nitrogens with zero attached hydrogens (tertiary/aromatic N) is 6. The summed E-state index contributed by atoms with van der Waals surface area (Å²) in [6.07, 6.45) is 4.76. The molecule has 6 aromatic carbocycles. The predicted octanol–water partition coefficient (Wildman–Crippen LogP) is 14.5. The molecule has 3 N–H and O–H groups in total. The van der Waals surface area contributed by atoms with E-state index in [0.717, 1.165) is 83.5 Å². The van der Waals surface area contributed by atoms with Crippen molar-refractivity contribution in [2.75, 3.05) is 54.0 Å². The number of carbonyl (C=O) groups is 3. The third-order valence-electron chi connectivity index (χ3n) is 14.2. The second-order valence-electron chi connectivity index (χ2n) is 24.7. The Bertz CT molecular complexity index is 2870. The minimum Gasteiger partial charge on any atom is -0.388 e. The van der Waals surface area contributed by atoms with E-state index in [9.17, 15) is 19.5 Å². The van der Waals surface area contributed by atoms with Gasteiger partial charge in [0.15, 0.2) is 17.3 Å². The van der Waals surface area contributed by atoms with Gasteiger partial charge in [0.25, 0.3) is 0 Å². The van der Waals surface area contributed by atoms with E-state index in [1.165, 1.54) is 22.3 Å². The Morgan fingerprint density at radius 1 is 0.506 bits per heavy atom. The average molecular weight is 1040 g/mol. The van der Waals surface area contributed by atoms with E-state index in [0.29, 0.717) is 39.1 Å². The van der Waals surface area contributed by atoms with E-state index >= 15 is 0 Å². The van der Waals surface area contributed by atoms with E-state index in [4.69, 9.17) is 11.3 Å². The highest BCUT2D eigenvalue weighted by atomic mass is 16.3. The third-order valence-corrected chi connectivity index (χ3v) is 14.2. The first-order valence-corrected chi connectivity index (χ1v) is 27.4. The molecule has 77 heavy (non-hydrogen) atoms. The third kappa shape index (κ3) is 16.5. The highest BCUT2D eigenvalue weighted by Crippen LogP contribution is 2.40. The highest BCUT2D eigenvalue weighted by Gasteiger charge is 2.29. The first-order chi connectivity index (χ1) is 36.5. The summed E-state index contributed by atoms with van der Waals surface area (Å²) in [5.74, 6) is 0.366. The molecule has 3 atom stereocenters. The van der Waals surface area contributed by atoms with Gasteiger partial charge in [-0.15, -0.1) is 0 Å². The number of carbonyl (C=O) groups excluding carboxylic acids is 3. The van der Waals surface area contributed by atoms with Crippen molar-refractivity contribution < 1.29 is 19.5 Å². The number of aliphatic hydroxyl groups is 1. The number of hydrogen-bond acceptors (Lipinski definition) is 9. The maximum absolute atomic E-state index is 12.7. The number of aliphatic hydroxyl groups excluding tert-OH is 1. The van der Waals surface area contributed by atoms with Gasteiger partial charge in [-0.25, -0.2) is 0 Å². The van der Waals surface area contributed by atoms with Crippen molar-refractivity contribution in [2.45, 2.75) is 119 Å². The molecule has 0 fully saturated rings. The molecule has 0 radical (unpaired) electrons. The molecule has 11 nitrogen and oxygen atoms in total. The molecule has 9 rings (SSSR count). The molecule has 0 aromatic heterocycles. The van der Waals surface area contributed by atoms with E-state index < -0.39 is 6.10 Å². The van der Waals surface area contributed by atoms with Crippen LogP contribution in [0.15, 0.2) is 151 Å². The molecule has 0 saturated carbocycles. The number of hydrogen-bond donors (Lipinski definition) is 2. The quantitative estimate of drug-likeness (QED) is 0.0501. The Balaban J connectivity index is 0.000000168. The topological polar surface area (TPSA) is 156 Å². The van der Waals surface area contributed by atoms with Crippen molar-refractivity contribution in [3.63, 3.8) is 0 Å². The van der Waals surface area contributed by atoms with E-state index in [-0.39, 0.29) is 45.7 Å². The molecule has 0 amide bonds. The predicted molar refractivity (Wildman–Crippen MR) is 315 cm³/mol. The fourth-order valence-corrected chi connectivity index (χ4v) is 10.7. The number of benzene rings is 6. The molecule has 0 bridgehead atoms. The Morgan fingerprint density at radius 3 is 1.23 bits per heavy atom. The van der Waals surface area contributed by atoms with Crippen LogP contribution >= 0.6 is 0 Å². The van der Waals surface area contributed by atoms with E-state index in [1.807, 2.05) is 91.0 Å². The number of ketones is 3. The SMILES string of the molecule is CC(C)(C)Cc1ccc2c(c1)C(N)CCN2CC(=O)c1ccccc1.CC(C)(C)Cc1ccc2c(c1)C(N=[N+]=[N-])CCN2CC(=O)c1ccccc1.CC(C)(C)Cc1ccc2c(c1)C(O)CCN2CC(=O)c1ccccc1. The smallest absolute Gasteiger partial charge is 0.182 e. The second kappa shape index (κ2) is 25.4. The van der Waals surface area contributed by atoms with Crippen LogP contribution in [0.2, 0.25) is 0 Å². The van der Waals surface area contributed by atoms with Crippen molar-refractivity contribution in [3.05, 3.63) is 206 Å². The number of azide groups is 1. The first-order valence-electron chi connectivity index (χ1n) is 27.4. The van der Waals surface area contributed by atoms with Gasteiger partial charge in [-0.05, 0) is 106 Å². The number of nitrogens with two attached hydrogens (primary N) is 1. The van der Waals surface area contributed by atoms with E-state index in [1.54, 1.807) is 0 Å². The molecule has 0 aliphatic carbocycles. The summed E-state index contributed by atoms with van der Waals surface area (Å²) in [6, 6.07) is 47.4. The minimum absolute atomic E-state index is 0.0537. The standard InChI is InChI=1S/C22H26N4O.C22H28N2O.C22H27NO2/c1-22(2,3)14-16-9-10-20-18(13-16)19(24-25-23)11-12-26(20)15-21(27)17-7-5-4-6-8-17;1-22(2,3)14-16-9-10-20-18(13-16)19(23)11-12-24(20)15-21(25)17-7-5-4-6-8-17;1-22(2,3)14-16-9-10-19-18(13-16)20(24)11-12-23(19)15-21(25)17-7-5-4-6-8-17/h4-10,13,19H,11-12,14-15H2,1-3H3;4-10,13,19H,11-12,14-15,23H2,1-3H3;4-10,13,20,24H,11-12,14-15H2,1-3H3. The molecule has 11 heteroatoms. The molecule has 0 saturated heterocycles. The zero-order valence-electron chi connectivity index (χ0n) is 47.0. The van der Waals surface area contributed by atoms with Gasteiger partial charge in [0.05, 0.1) is 31.8 Å². The average Bonchev–Trinajstić information content (AvgIpc) is 3.39. The van der Waals surface area contributed by atoms with Gasteiger partial charge in [0.1, 0.15) is 0 Å².